The third kappa shape index (κ3) is 3.78. The Labute approximate surface area is 138 Å². The lowest BCUT2D eigenvalue weighted by Crippen LogP contribution is -2.43. The van der Waals surface area contributed by atoms with Crippen LogP contribution in [-0.2, 0) is 0 Å². The summed E-state index contributed by atoms with van der Waals surface area (Å²) in [6, 6.07) is 8.03. The number of para-hydroxylation sites is 2. The fourth-order valence-corrected chi connectivity index (χ4v) is 3.59. The van der Waals surface area contributed by atoms with Crippen LogP contribution in [0.2, 0.25) is 0 Å². The van der Waals surface area contributed by atoms with E-state index in [4.69, 9.17) is 0 Å². The Balaban J connectivity index is 1.62. The van der Waals surface area contributed by atoms with Gasteiger partial charge < -0.3 is 20.2 Å². The molecule has 3 rings (SSSR count). The van der Waals surface area contributed by atoms with Crippen molar-refractivity contribution < 1.29 is 9.90 Å². The van der Waals surface area contributed by atoms with Crippen LogP contribution in [0.4, 0.5) is 16.2 Å². The number of carbonyl (C=O) groups excluding carboxylic acids is 1. The van der Waals surface area contributed by atoms with E-state index in [1.807, 2.05) is 30.0 Å². The molecule has 1 unspecified atom stereocenters. The number of likely N-dealkylation sites (tertiary alicyclic amines) is 1. The van der Waals surface area contributed by atoms with E-state index in [-0.39, 0.29) is 12.1 Å². The van der Waals surface area contributed by atoms with Crippen molar-refractivity contribution in [2.75, 3.05) is 36.4 Å². The summed E-state index contributed by atoms with van der Waals surface area (Å²) >= 11 is 0. The third-order valence-electron chi connectivity index (χ3n) is 5.10. The van der Waals surface area contributed by atoms with E-state index in [0.29, 0.717) is 19.0 Å². The number of nitrogens with one attached hydrogen (secondary N) is 1. The summed E-state index contributed by atoms with van der Waals surface area (Å²) < 4.78 is 0. The first-order valence-electron chi connectivity index (χ1n) is 8.73. The fraction of sp³-hybridized carbons (Fsp3) is 0.611. The van der Waals surface area contributed by atoms with Crippen molar-refractivity contribution in [1.29, 1.82) is 0 Å². The molecule has 5 nitrogen and oxygen atoms in total. The number of urea groups is 1. The van der Waals surface area contributed by atoms with Crippen LogP contribution in [0.15, 0.2) is 24.3 Å². The topological polar surface area (TPSA) is 55.8 Å². The minimum Gasteiger partial charge on any atom is -0.393 e. The number of anilines is 2. The van der Waals surface area contributed by atoms with Crippen molar-refractivity contribution >= 4 is 17.4 Å². The quantitative estimate of drug-likeness (QED) is 0.901. The molecule has 2 saturated heterocycles. The molecule has 23 heavy (non-hydrogen) atoms. The largest absolute Gasteiger partial charge is 0.393 e. The Morgan fingerprint density at radius 3 is 2.48 bits per heavy atom. The Morgan fingerprint density at radius 1 is 1.17 bits per heavy atom. The maximum atomic E-state index is 12.5. The molecule has 2 fully saturated rings. The summed E-state index contributed by atoms with van der Waals surface area (Å²) in [6.07, 6.45) is 3.90. The van der Waals surface area contributed by atoms with Gasteiger partial charge in [0.05, 0.1) is 17.5 Å². The molecule has 5 heteroatoms. The lowest BCUT2D eigenvalue weighted by molar-refractivity contribution is 0.0820. The maximum Gasteiger partial charge on any atom is 0.321 e. The number of hydrogen-bond acceptors (Lipinski definition) is 3. The van der Waals surface area contributed by atoms with Crippen molar-refractivity contribution in [2.45, 2.75) is 38.7 Å². The van der Waals surface area contributed by atoms with Gasteiger partial charge in [-0.2, -0.15) is 0 Å². The molecule has 0 aliphatic carbocycles. The van der Waals surface area contributed by atoms with Crippen LogP contribution >= 0.6 is 0 Å². The summed E-state index contributed by atoms with van der Waals surface area (Å²) in [4.78, 5) is 16.7. The van der Waals surface area contributed by atoms with E-state index >= 15 is 0 Å². The Kier molecular flexibility index (Phi) is 5.06. The van der Waals surface area contributed by atoms with Crippen molar-refractivity contribution in [2.24, 2.45) is 5.92 Å². The normalized spacial score (nSPS) is 20.6. The second-order valence-electron chi connectivity index (χ2n) is 6.71. The monoisotopic (exact) mass is 317 g/mol. The standard InChI is InChI=1S/C18H27N3O2/c1-14(22)15-8-12-21(13-9-15)18(23)19-16-6-2-3-7-17(16)20-10-4-5-11-20/h2-3,6-7,14-15,22H,4-5,8-13H2,1H3,(H,19,23). The van der Waals surface area contributed by atoms with Crippen LogP contribution in [0.25, 0.3) is 0 Å². The summed E-state index contributed by atoms with van der Waals surface area (Å²) in [5.41, 5.74) is 2.02. The lowest BCUT2D eigenvalue weighted by atomic mass is 9.92. The number of piperidine rings is 1. The Morgan fingerprint density at radius 2 is 1.83 bits per heavy atom. The molecule has 2 aliphatic rings. The highest BCUT2D eigenvalue weighted by Crippen LogP contribution is 2.29. The van der Waals surface area contributed by atoms with Crippen LogP contribution in [0.5, 0.6) is 0 Å². The SMILES string of the molecule is CC(O)C1CCN(C(=O)Nc2ccccc2N2CCCC2)CC1. The highest BCUT2D eigenvalue weighted by atomic mass is 16.3. The number of aliphatic hydroxyl groups is 1. The van der Waals surface area contributed by atoms with Gasteiger partial charge in [0.1, 0.15) is 0 Å². The fourth-order valence-electron chi connectivity index (χ4n) is 3.59. The van der Waals surface area contributed by atoms with Crippen LogP contribution in [0.1, 0.15) is 32.6 Å². The summed E-state index contributed by atoms with van der Waals surface area (Å²) in [5, 5.41) is 12.8. The van der Waals surface area contributed by atoms with Gasteiger partial charge >= 0.3 is 6.03 Å². The molecule has 0 bridgehead atoms. The first kappa shape index (κ1) is 16.1. The van der Waals surface area contributed by atoms with Crippen LogP contribution in [0, 0.1) is 5.92 Å². The highest BCUT2D eigenvalue weighted by Gasteiger charge is 2.26. The first-order chi connectivity index (χ1) is 11.1. The second-order valence-corrected chi connectivity index (χ2v) is 6.71. The van der Waals surface area contributed by atoms with E-state index in [9.17, 15) is 9.90 Å². The van der Waals surface area contributed by atoms with Gasteiger partial charge in [-0.1, -0.05) is 12.1 Å². The molecule has 1 atom stereocenters. The summed E-state index contributed by atoms with van der Waals surface area (Å²) in [5.74, 6) is 0.316. The minimum atomic E-state index is -0.281. The highest BCUT2D eigenvalue weighted by molar-refractivity contribution is 5.93. The number of carbonyl (C=O) groups is 1. The molecule has 2 heterocycles. The van der Waals surface area contributed by atoms with E-state index in [1.54, 1.807) is 0 Å². The van der Waals surface area contributed by atoms with E-state index in [0.717, 1.165) is 37.3 Å². The van der Waals surface area contributed by atoms with Gasteiger partial charge in [0.15, 0.2) is 0 Å². The molecule has 126 valence electrons. The van der Waals surface area contributed by atoms with Crippen molar-refractivity contribution in [3.05, 3.63) is 24.3 Å². The number of aliphatic hydroxyl groups excluding tert-OH is 1. The predicted molar refractivity (Wildman–Crippen MR) is 92.9 cm³/mol. The molecule has 1 aromatic rings. The Bertz CT molecular complexity index is 533. The first-order valence-corrected chi connectivity index (χ1v) is 8.73. The van der Waals surface area contributed by atoms with Crippen molar-refractivity contribution in [1.82, 2.24) is 4.90 Å². The zero-order valence-corrected chi connectivity index (χ0v) is 13.9. The molecule has 0 saturated carbocycles. The molecular weight excluding hydrogens is 290 g/mol. The third-order valence-corrected chi connectivity index (χ3v) is 5.10. The van der Waals surface area contributed by atoms with Crippen molar-refractivity contribution in [3.8, 4) is 0 Å². The average Bonchev–Trinajstić information content (AvgIpc) is 3.09. The molecule has 0 spiro atoms. The van der Waals surface area contributed by atoms with Gasteiger partial charge in [-0.15, -0.1) is 0 Å². The molecule has 0 aromatic heterocycles. The molecular formula is C18H27N3O2. The lowest BCUT2D eigenvalue weighted by Gasteiger charge is -2.33. The number of rotatable bonds is 3. The van der Waals surface area contributed by atoms with Crippen LogP contribution in [-0.4, -0.2) is 48.3 Å². The average molecular weight is 317 g/mol. The van der Waals surface area contributed by atoms with Gasteiger partial charge in [0, 0.05) is 26.2 Å². The zero-order valence-electron chi connectivity index (χ0n) is 13.9. The van der Waals surface area contributed by atoms with Gasteiger partial charge in [0.2, 0.25) is 0 Å². The minimum absolute atomic E-state index is 0.0271. The van der Waals surface area contributed by atoms with Crippen LogP contribution < -0.4 is 10.2 Å². The van der Waals surface area contributed by atoms with Crippen molar-refractivity contribution in [3.63, 3.8) is 0 Å². The van der Waals surface area contributed by atoms with Gasteiger partial charge in [-0.05, 0) is 50.7 Å². The van der Waals surface area contributed by atoms with Gasteiger partial charge in [0.25, 0.3) is 0 Å². The molecule has 2 aliphatic heterocycles. The predicted octanol–water partition coefficient (Wildman–Crippen LogP) is 2.91. The van der Waals surface area contributed by atoms with E-state index in [2.05, 4.69) is 16.3 Å². The second kappa shape index (κ2) is 7.21. The Hall–Kier alpha value is -1.75. The molecule has 2 N–H and O–H groups in total. The smallest absolute Gasteiger partial charge is 0.321 e. The number of benzene rings is 1. The zero-order chi connectivity index (χ0) is 16.2. The molecule has 0 radical (unpaired) electrons. The summed E-state index contributed by atoms with van der Waals surface area (Å²) in [7, 11) is 0. The van der Waals surface area contributed by atoms with E-state index < -0.39 is 0 Å². The van der Waals surface area contributed by atoms with E-state index in [1.165, 1.54) is 12.8 Å². The number of hydrogen-bond donors (Lipinski definition) is 2. The molecule has 2 amide bonds. The van der Waals surface area contributed by atoms with Crippen LogP contribution in [0.3, 0.4) is 0 Å². The maximum absolute atomic E-state index is 12.5. The van der Waals surface area contributed by atoms with Gasteiger partial charge in [-0.25, -0.2) is 4.79 Å². The number of amides is 2. The number of nitrogens with zero attached hydrogens (tertiary/aromatic N) is 2. The van der Waals surface area contributed by atoms with Gasteiger partial charge in [-0.3, -0.25) is 0 Å². The molecule has 1 aromatic carbocycles. The summed E-state index contributed by atoms with van der Waals surface area (Å²) in [6.45, 7) is 5.40.